The van der Waals surface area contributed by atoms with Crippen molar-refractivity contribution in [2.75, 3.05) is 19.6 Å². The topological polar surface area (TPSA) is 32.3 Å². The van der Waals surface area contributed by atoms with E-state index in [4.69, 9.17) is 0 Å². The maximum absolute atomic E-state index is 13.2. The molecule has 100 valence electrons. The van der Waals surface area contributed by atoms with Gasteiger partial charge in [-0.25, -0.2) is 4.39 Å². The number of amides is 1. The van der Waals surface area contributed by atoms with Gasteiger partial charge in [-0.2, -0.15) is 0 Å². The lowest BCUT2D eigenvalue weighted by Crippen LogP contribution is -2.52. The van der Waals surface area contributed by atoms with E-state index in [9.17, 15) is 9.18 Å². The number of carbonyl (C=O) groups is 1. The van der Waals surface area contributed by atoms with Crippen LogP contribution in [0, 0.1) is 5.82 Å². The van der Waals surface area contributed by atoms with Crippen LogP contribution in [0.25, 0.3) is 10.1 Å². The molecule has 2 heterocycles. The Morgan fingerprint density at radius 3 is 3.11 bits per heavy atom. The van der Waals surface area contributed by atoms with E-state index in [0.29, 0.717) is 4.88 Å². The second-order valence-corrected chi connectivity index (χ2v) is 5.93. The van der Waals surface area contributed by atoms with E-state index >= 15 is 0 Å². The molecule has 1 atom stereocenters. The standard InChI is InChI=1S/C14H15FN2OS/c1-9-8-16-4-5-17(9)14(18)13-7-10-6-11(15)2-3-12(10)19-13/h2-3,6-7,9,16H,4-5,8H2,1H3/t9-/m1/s1. The Bertz CT molecular complexity index is 625. The van der Waals surface area contributed by atoms with E-state index in [0.717, 1.165) is 29.7 Å². The molecule has 0 radical (unpaired) electrons. The molecule has 1 aromatic carbocycles. The number of rotatable bonds is 1. The summed E-state index contributed by atoms with van der Waals surface area (Å²) >= 11 is 1.43. The number of nitrogens with one attached hydrogen (secondary N) is 1. The van der Waals surface area contributed by atoms with Crippen LogP contribution in [-0.4, -0.2) is 36.5 Å². The van der Waals surface area contributed by atoms with Gasteiger partial charge in [0.05, 0.1) is 4.88 Å². The summed E-state index contributed by atoms with van der Waals surface area (Å²) < 4.78 is 14.1. The van der Waals surface area contributed by atoms with E-state index in [2.05, 4.69) is 5.32 Å². The predicted octanol–water partition coefficient (Wildman–Crippen LogP) is 2.47. The summed E-state index contributed by atoms with van der Waals surface area (Å²) in [5.41, 5.74) is 0. The molecule has 2 aromatic rings. The SMILES string of the molecule is C[C@@H]1CNCCN1C(=O)c1cc2cc(F)ccc2s1. The van der Waals surface area contributed by atoms with Crippen molar-refractivity contribution in [1.29, 1.82) is 0 Å². The molecule has 1 amide bonds. The summed E-state index contributed by atoms with van der Waals surface area (Å²) in [6.45, 7) is 4.42. The Morgan fingerprint density at radius 1 is 1.47 bits per heavy atom. The van der Waals surface area contributed by atoms with Crippen LogP contribution in [0.1, 0.15) is 16.6 Å². The second-order valence-electron chi connectivity index (χ2n) is 4.84. The fourth-order valence-corrected chi connectivity index (χ4v) is 3.40. The summed E-state index contributed by atoms with van der Waals surface area (Å²) in [4.78, 5) is 15.1. The van der Waals surface area contributed by atoms with Gasteiger partial charge in [0, 0.05) is 30.4 Å². The molecular weight excluding hydrogens is 263 g/mol. The third-order valence-corrected chi connectivity index (χ3v) is 4.56. The number of halogens is 1. The number of hydrogen-bond donors (Lipinski definition) is 1. The number of carbonyl (C=O) groups excluding carboxylic acids is 1. The lowest BCUT2D eigenvalue weighted by atomic mass is 10.2. The summed E-state index contributed by atoms with van der Waals surface area (Å²) in [7, 11) is 0. The van der Waals surface area contributed by atoms with Crippen LogP contribution < -0.4 is 5.32 Å². The Labute approximate surface area is 115 Å². The van der Waals surface area contributed by atoms with Gasteiger partial charge in [-0.3, -0.25) is 4.79 Å². The van der Waals surface area contributed by atoms with Crippen molar-refractivity contribution in [2.24, 2.45) is 0 Å². The summed E-state index contributed by atoms with van der Waals surface area (Å²) in [5.74, 6) is -0.213. The van der Waals surface area contributed by atoms with Crippen molar-refractivity contribution >= 4 is 27.3 Å². The molecule has 19 heavy (non-hydrogen) atoms. The van der Waals surface area contributed by atoms with Gasteiger partial charge in [0.15, 0.2) is 0 Å². The van der Waals surface area contributed by atoms with Crippen molar-refractivity contribution in [3.8, 4) is 0 Å². The molecule has 1 saturated heterocycles. The Morgan fingerprint density at radius 2 is 2.32 bits per heavy atom. The van der Waals surface area contributed by atoms with Gasteiger partial charge in [-0.15, -0.1) is 11.3 Å². The van der Waals surface area contributed by atoms with Crippen LogP contribution in [0.5, 0.6) is 0 Å². The van der Waals surface area contributed by atoms with Crippen LogP contribution in [0.4, 0.5) is 4.39 Å². The van der Waals surface area contributed by atoms with E-state index in [1.54, 1.807) is 12.1 Å². The van der Waals surface area contributed by atoms with Crippen molar-refractivity contribution in [1.82, 2.24) is 10.2 Å². The highest BCUT2D eigenvalue weighted by molar-refractivity contribution is 7.20. The van der Waals surface area contributed by atoms with Crippen LogP contribution in [0.2, 0.25) is 0 Å². The van der Waals surface area contributed by atoms with Crippen LogP contribution in [0.15, 0.2) is 24.3 Å². The van der Waals surface area contributed by atoms with Gasteiger partial charge in [-0.05, 0) is 36.6 Å². The normalized spacial score (nSPS) is 19.9. The van der Waals surface area contributed by atoms with Gasteiger partial charge in [-0.1, -0.05) is 0 Å². The molecule has 0 saturated carbocycles. The number of nitrogens with zero attached hydrogens (tertiary/aromatic N) is 1. The first kappa shape index (κ1) is 12.6. The fraction of sp³-hybridized carbons (Fsp3) is 0.357. The highest BCUT2D eigenvalue weighted by Crippen LogP contribution is 2.27. The molecule has 0 unspecified atom stereocenters. The van der Waals surface area contributed by atoms with E-state index < -0.39 is 0 Å². The average Bonchev–Trinajstić information content (AvgIpc) is 2.81. The molecule has 3 nitrogen and oxygen atoms in total. The predicted molar refractivity (Wildman–Crippen MR) is 75.2 cm³/mol. The number of piperazine rings is 1. The monoisotopic (exact) mass is 278 g/mol. The average molecular weight is 278 g/mol. The van der Waals surface area contributed by atoms with Crippen molar-refractivity contribution in [2.45, 2.75) is 13.0 Å². The Balaban J connectivity index is 1.92. The number of benzene rings is 1. The molecule has 1 N–H and O–H groups in total. The van der Waals surface area contributed by atoms with Crippen molar-refractivity contribution in [3.63, 3.8) is 0 Å². The molecule has 3 rings (SSSR count). The van der Waals surface area contributed by atoms with E-state index in [-0.39, 0.29) is 17.8 Å². The summed E-state index contributed by atoms with van der Waals surface area (Å²) in [5, 5.41) is 4.07. The minimum absolute atomic E-state index is 0.0515. The molecule has 5 heteroatoms. The molecule has 0 bridgehead atoms. The fourth-order valence-electron chi connectivity index (χ4n) is 2.40. The van der Waals surface area contributed by atoms with Gasteiger partial charge < -0.3 is 10.2 Å². The minimum atomic E-state index is -0.264. The maximum atomic E-state index is 13.2. The Kier molecular flexibility index (Phi) is 3.24. The quantitative estimate of drug-likeness (QED) is 0.869. The Hall–Kier alpha value is -1.46. The molecule has 1 fully saturated rings. The largest absolute Gasteiger partial charge is 0.333 e. The van der Waals surface area contributed by atoms with E-state index in [1.807, 2.05) is 11.8 Å². The van der Waals surface area contributed by atoms with Gasteiger partial charge in [0.1, 0.15) is 5.82 Å². The highest BCUT2D eigenvalue weighted by atomic mass is 32.1. The second kappa shape index (κ2) is 4.90. The van der Waals surface area contributed by atoms with Crippen LogP contribution in [-0.2, 0) is 0 Å². The van der Waals surface area contributed by atoms with Gasteiger partial charge >= 0.3 is 0 Å². The van der Waals surface area contributed by atoms with E-state index in [1.165, 1.54) is 23.5 Å². The highest BCUT2D eigenvalue weighted by Gasteiger charge is 2.25. The molecule has 1 aliphatic heterocycles. The molecular formula is C14H15FN2OS. The van der Waals surface area contributed by atoms with Crippen molar-refractivity contribution < 1.29 is 9.18 Å². The first-order chi connectivity index (χ1) is 9.15. The number of fused-ring (bicyclic) bond motifs is 1. The minimum Gasteiger partial charge on any atom is -0.333 e. The number of hydrogen-bond acceptors (Lipinski definition) is 3. The molecule has 0 aliphatic carbocycles. The third-order valence-electron chi connectivity index (χ3n) is 3.45. The first-order valence-electron chi connectivity index (χ1n) is 6.36. The third kappa shape index (κ3) is 2.35. The smallest absolute Gasteiger partial charge is 0.264 e. The van der Waals surface area contributed by atoms with Gasteiger partial charge in [0.25, 0.3) is 5.91 Å². The zero-order valence-electron chi connectivity index (χ0n) is 10.6. The molecule has 1 aromatic heterocycles. The summed E-state index contributed by atoms with van der Waals surface area (Å²) in [6.07, 6.45) is 0. The first-order valence-corrected chi connectivity index (χ1v) is 7.17. The van der Waals surface area contributed by atoms with Crippen molar-refractivity contribution in [3.05, 3.63) is 35.0 Å². The zero-order valence-corrected chi connectivity index (χ0v) is 11.5. The zero-order chi connectivity index (χ0) is 13.4. The van der Waals surface area contributed by atoms with Gasteiger partial charge in [0.2, 0.25) is 0 Å². The lowest BCUT2D eigenvalue weighted by Gasteiger charge is -2.33. The molecule has 1 aliphatic rings. The number of thiophene rings is 1. The summed E-state index contributed by atoms with van der Waals surface area (Å²) in [6, 6.07) is 6.63. The molecule has 0 spiro atoms. The van der Waals surface area contributed by atoms with Crippen LogP contribution in [0.3, 0.4) is 0 Å². The lowest BCUT2D eigenvalue weighted by molar-refractivity contribution is 0.0661. The maximum Gasteiger partial charge on any atom is 0.264 e. The van der Waals surface area contributed by atoms with Crippen LogP contribution >= 0.6 is 11.3 Å².